The van der Waals surface area contributed by atoms with E-state index >= 15 is 0 Å². The van der Waals surface area contributed by atoms with Gasteiger partial charge in [0, 0.05) is 19.1 Å². The highest BCUT2D eigenvalue weighted by atomic mass is 16.5. The average molecular weight is 321 g/mol. The van der Waals surface area contributed by atoms with Crippen molar-refractivity contribution in [2.75, 3.05) is 19.6 Å². The molecule has 1 amide bonds. The van der Waals surface area contributed by atoms with Crippen LogP contribution in [-0.4, -0.2) is 46.8 Å². The molecule has 1 heterocycles. The number of hydroxylamine groups is 1. The minimum Gasteiger partial charge on any atom is -0.392 e. The Hall–Kier alpha value is -1.47. The molecule has 128 valence electrons. The van der Waals surface area contributed by atoms with Gasteiger partial charge in [0.05, 0.1) is 13.2 Å². The molecule has 0 saturated heterocycles. The second-order valence-corrected chi connectivity index (χ2v) is 6.26. The van der Waals surface area contributed by atoms with Crippen LogP contribution in [-0.2, 0) is 24.4 Å². The van der Waals surface area contributed by atoms with Crippen LogP contribution < -0.4 is 10.8 Å². The highest BCUT2D eigenvalue weighted by molar-refractivity contribution is 5.78. The summed E-state index contributed by atoms with van der Waals surface area (Å²) < 4.78 is 0. The maximum Gasteiger partial charge on any atom is 0.236 e. The molecule has 6 heteroatoms. The SMILES string of the molecule is C[C@@H](CN1CCCCc2cc(CO)ccc2C1)NC(=O)CNO. The lowest BCUT2D eigenvalue weighted by molar-refractivity contribution is -0.122. The van der Waals surface area contributed by atoms with E-state index in [0.717, 1.165) is 44.5 Å². The zero-order chi connectivity index (χ0) is 16.7. The van der Waals surface area contributed by atoms with Gasteiger partial charge in [-0.2, -0.15) is 5.48 Å². The number of nitrogens with zero attached hydrogens (tertiary/aromatic N) is 1. The van der Waals surface area contributed by atoms with E-state index in [1.807, 2.05) is 18.5 Å². The molecule has 1 atom stereocenters. The van der Waals surface area contributed by atoms with Gasteiger partial charge in [0.15, 0.2) is 0 Å². The van der Waals surface area contributed by atoms with Gasteiger partial charge in [-0.05, 0) is 49.4 Å². The highest BCUT2D eigenvalue weighted by Gasteiger charge is 2.16. The van der Waals surface area contributed by atoms with Gasteiger partial charge in [-0.25, -0.2) is 0 Å². The number of aliphatic hydroxyl groups is 1. The van der Waals surface area contributed by atoms with Crippen molar-refractivity contribution in [1.29, 1.82) is 0 Å². The van der Waals surface area contributed by atoms with Crippen LogP contribution in [0.5, 0.6) is 0 Å². The van der Waals surface area contributed by atoms with E-state index in [-0.39, 0.29) is 25.1 Å². The Labute approximate surface area is 137 Å². The number of aliphatic hydroxyl groups excluding tert-OH is 1. The summed E-state index contributed by atoms with van der Waals surface area (Å²) in [7, 11) is 0. The zero-order valence-electron chi connectivity index (χ0n) is 13.7. The maximum absolute atomic E-state index is 11.5. The molecule has 4 N–H and O–H groups in total. The number of amides is 1. The minimum atomic E-state index is -0.208. The van der Waals surface area contributed by atoms with Crippen molar-refractivity contribution in [2.24, 2.45) is 0 Å². The van der Waals surface area contributed by atoms with Crippen LogP contribution >= 0.6 is 0 Å². The van der Waals surface area contributed by atoms with Crippen LogP contribution in [0.4, 0.5) is 0 Å². The van der Waals surface area contributed by atoms with E-state index in [2.05, 4.69) is 22.3 Å². The molecule has 1 aromatic rings. The fraction of sp³-hybridized carbons (Fsp3) is 0.588. The fourth-order valence-corrected chi connectivity index (χ4v) is 3.12. The van der Waals surface area contributed by atoms with Gasteiger partial charge in [-0.3, -0.25) is 9.69 Å². The number of carbonyl (C=O) groups is 1. The molecule has 0 aliphatic carbocycles. The number of carbonyl (C=O) groups excluding carboxylic acids is 1. The summed E-state index contributed by atoms with van der Waals surface area (Å²) in [5.74, 6) is -0.208. The molecular weight excluding hydrogens is 294 g/mol. The topological polar surface area (TPSA) is 84.8 Å². The smallest absolute Gasteiger partial charge is 0.236 e. The van der Waals surface area contributed by atoms with Crippen molar-refractivity contribution in [3.8, 4) is 0 Å². The Morgan fingerprint density at radius 1 is 1.35 bits per heavy atom. The summed E-state index contributed by atoms with van der Waals surface area (Å²) >= 11 is 0. The second kappa shape index (κ2) is 8.98. The van der Waals surface area contributed by atoms with Gasteiger partial charge in [-0.15, -0.1) is 0 Å². The number of nitrogens with one attached hydrogen (secondary N) is 2. The van der Waals surface area contributed by atoms with Crippen molar-refractivity contribution in [3.05, 3.63) is 34.9 Å². The fourth-order valence-electron chi connectivity index (χ4n) is 3.12. The number of fused-ring (bicyclic) bond motifs is 1. The predicted molar refractivity (Wildman–Crippen MR) is 88.0 cm³/mol. The van der Waals surface area contributed by atoms with Gasteiger partial charge >= 0.3 is 0 Å². The van der Waals surface area contributed by atoms with Gasteiger partial charge in [-0.1, -0.05) is 18.2 Å². The predicted octanol–water partition coefficient (Wildman–Crippen LogP) is 0.801. The first-order valence-corrected chi connectivity index (χ1v) is 8.22. The third kappa shape index (κ3) is 5.58. The van der Waals surface area contributed by atoms with Crippen molar-refractivity contribution < 1.29 is 15.1 Å². The van der Waals surface area contributed by atoms with E-state index in [1.54, 1.807) is 0 Å². The summed E-state index contributed by atoms with van der Waals surface area (Å²) in [6.07, 6.45) is 3.32. The van der Waals surface area contributed by atoms with Crippen molar-refractivity contribution in [3.63, 3.8) is 0 Å². The molecule has 6 nitrogen and oxygen atoms in total. The molecule has 1 aromatic carbocycles. The van der Waals surface area contributed by atoms with Crippen molar-refractivity contribution >= 4 is 5.91 Å². The Morgan fingerprint density at radius 2 is 2.17 bits per heavy atom. The molecule has 0 unspecified atom stereocenters. The molecule has 0 fully saturated rings. The second-order valence-electron chi connectivity index (χ2n) is 6.26. The molecule has 0 bridgehead atoms. The van der Waals surface area contributed by atoms with E-state index in [0.29, 0.717) is 0 Å². The summed E-state index contributed by atoms with van der Waals surface area (Å²) in [4.78, 5) is 13.9. The highest BCUT2D eigenvalue weighted by Crippen LogP contribution is 2.20. The van der Waals surface area contributed by atoms with Gasteiger partial charge in [0.25, 0.3) is 0 Å². The van der Waals surface area contributed by atoms with E-state index in [4.69, 9.17) is 5.21 Å². The van der Waals surface area contributed by atoms with E-state index < -0.39 is 0 Å². The molecule has 2 rings (SSSR count). The Kier molecular flexibility index (Phi) is 6.98. The van der Waals surface area contributed by atoms with Crippen LogP contribution in [0.1, 0.15) is 36.5 Å². The first-order chi connectivity index (χ1) is 11.1. The Bertz CT molecular complexity index is 522. The molecule has 0 aromatic heterocycles. The van der Waals surface area contributed by atoms with Gasteiger partial charge < -0.3 is 15.6 Å². The number of rotatable bonds is 6. The average Bonchev–Trinajstić information content (AvgIpc) is 2.50. The lowest BCUT2D eigenvalue weighted by atomic mass is 9.97. The lowest BCUT2D eigenvalue weighted by Crippen LogP contribution is -2.44. The summed E-state index contributed by atoms with van der Waals surface area (Å²) in [5.41, 5.74) is 5.46. The van der Waals surface area contributed by atoms with E-state index in [1.165, 1.54) is 11.1 Å². The van der Waals surface area contributed by atoms with Crippen LogP contribution in [0, 0.1) is 0 Å². The number of hydrogen-bond acceptors (Lipinski definition) is 5. The van der Waals surface area contributed by atoms with Crippen molar-refractivity contribution in [2.45, 2.75) is 45.4 Å². The quantitative estimate of drug-likeness (QED) is 0.583. The molecule has 23 heavy (non-hydrogen) atoms. The molecular formula is C17H27N3O3. The van der Waals surface area contributed by atoms with E-state index in [9.17, 15) is 9.90 Å². The summed E-state index contributed by atoms with van der Waals surface area (Å²) in [6.45, 7) is 4.62. The Morgan fingerprint density at radius 3 is 2.91 bits per heavy atom. The molecule has 0 radical (unpaired) electrons. The third-order valence-corrected chi connectivity index (χ3v) is 4.20. The normalized spacial score (nSPS) is 17.0. The van der Waals surface area contributed by atoms with Crippen LogP contribution in [0.25, 0.3) is 0 Å². The summed E-state index contributed by atoms with van der Waals surface area (Å²) in [6, 6.07) is 6.22. The van der Waals surface area contributed by atoms with Crippen molar-refractivity contribution in [1.82, 2.24) is 15.7 Å². The molecule has 0 saturated carbocycles. The summed E-state index contributed by atoms with van der Waals surface area (Å²) in [5, 5.41) is 20.7. The minimum absolute atomic E-state index is 0.0236. The van der Waals surface area contributed by atoms with Crippen LogP contribution in [0.15, 0.2) is 18.2 Å². The standard InChI is InChI=1S/C17H27N3O3/c1-13(19-17(22)9-18-23)10-20-7-3-2-4-15-8-14(12-21)5-6-16(15)11-20/h5-6,8,13,18,21,23H,2-4,7,9-12H2,1H3,(H,19,22)/t13-/m0/s1. The first-order valence-electron chi connectivity index (χ1n) is 8.22. The maximum atomic E-state index is 11.5. The van der Waals surface area contributed by atoms with Crippen LogP contribution in [0.2, 0.25) is 0 Å². The van der Waals surface area contributed by atoms with Crippen LogP contribution in [0.3, 0.4) is 0 Å². The molecule has 1 aliphatic rings. The third-order valence-electron chi connectivity index (χ3n) is 4.20. The first kappa shape index (κ1) is 17.9. The molecule has 1 aliphatic heterocycles. The lowest BCUT2D eigenvalue weighted by Gasteiger charge is -2.29. The largest absolute Gasteiger partial charge is 0.392 e. The van der Waals surface area contributed by atoms with Gasteiger partial charge in [0.1, 0.15) is 0 Å². The van der Waals surface area contributed by atoms with Gasteiger partial charge in [0.2, 0.25) is 5.91 Å². The Balaban J connectivity index is 1.98. The number of benzene rings is 1. The molecule has 0 spiro atoms. The zero-order valence-corrected chi connectivity index (χ0v) is 13.7. The monoisotopic (exact) mass is 321 g/mol. The number of aryl methyl sites for hydroxylation is 1. The number of hydrogen-bond donors (Lipinski definition) is 4.